The third-order valence-electron chi connectivity index (χ3n) is 4.81. The Morgan fingerprint density at radius 2 is 1.82 bits per heavy atom. The summed E-state index contributed by atoms with van der Waals surface area (Å²) in [5, 5.41) is 16.4. The van der Waals surface area contributed by atoms with Crippen molar-refractivity contribution in [3.8, 4) is 6.07 Å². The predicted molar refractivity (Wildman–Crippen MR) is 111 cm³/mol. The zero-order chi connectivity index (χ0) is 20.3. The lowest BCUT2D eigenvalue weighted by molar-refractivity contribution is -0.136. The van der Waals surface area contributed by atoms with Crippen LogP contribution in [0.15, 0.2) is 17.2 Å². The SMILES string of the molecule is Cc1cc(C)c(/C=N\NC(=O)C(=O)Nc2sc3c(c2C#N)CCCC3)c(C)c1. The van der Waals surface area contributed by atoms with Gasteiger partial charge in [-0.15, -0.1) is 11.3 Å². The molecule has 1 aromatic heterocycles. The van der Waals surface area contributed by atoms with E-state index in [0.29, 0.717) is 10.6 Å². The van der Waals surface area contributed by atoms with E-state index in [2.05, 4.69) is 21.9 Å². The second-order valence-corrected chi connectivity index (χ2v) is 8.10. The van der Waals surface area contributed by atoms with Gasteiger partial charge in [0.25, 0.3) is 0 Å². The largest absolute Gasteiger partial charge is 0.329 e. The maximum atomic E-state index is 12.2. The number of anilines is 1. The van der Waals surface area contributed by atoms with Crippen molar-refractivity contribution in [2.24, 2.45) is 5.10 Å². The maximum Gasteiger partial charge on any atom is 0.329 e. The molecular formula is C21H22N4O2S. The van der Waals surface area contributed by atoms with Gasteiger partial charge in [0.1, 0.15) is 11.1 Å². The number of thiophene rings is 1. The Hall–Kier alpha value is -2.98. The van der Waals surface area contributed by atoms with Gasteiger partial charge < -0.3 is 5.32 Å². The Morgan fingerprint density at radius 1 is 1.14 bits per heavy atom. The topological polar surface area (TPSA) is 94.3 Å². The Balaban J connectivity index is 1.67. The molecule has 0 saturated carbocycles. The molecule has 7 heteroatoms. The zero-order valence-corrected chi connectivity index (χ0v) is 17.0. The first-order valence-corrected chi connectivity index (χ1v) is 9.99. The van der Waals surface area contributed by atoms with Gasteiger partial charge in [-0.1, -0.05) is 17.7 Å². The van der Waals surface area contributed by atoms with Gasteiger partial charge >= 0.3 is 11.8 Å². The number of fused-ring (bicyclic) bond motifs is 1. The molecule has 1 aliphatic rings. The molecule has 2 N–H and O–H groups in total. The molecule has 1 heterocycles. The Bertz CT molecular complexity index is 991. The Labute approximate surface area is 168 Å². The average molecular weight is 395 g/mol. The number of carbonyl (C=O) groups is 2. The lowest BCUT2D eigenvalue weighted by Gasteiger charge is -2.09. The van der Waals surface area contributed by atoms with Crippen LogP contribution in [0.2, 0.25) is 0 Å². The Morgan fingerprint density at radius 3 is 2.50 bits per heavy atom. The number of rotatable bonds is 3. The van der Waals surface area contributed by atoms with E-state index in [1.165, 1.54) is 11.3 Å². The van der Waals surface area contributed by atoms with Crippen molar-refractivity contribution in [2.45, 2.75) is 46.5 Å². The molecule has 6 nitrogen and oxygen atoms in total. The Kier molecular flexibility index (Phi) is 5.90. The highest BCUT2D eigenvalue weighted by atomic mass is 32.1. The van der Waals surface area contributed by atoms with E-state index in [1.54, 1.807) is 6.21 Å². The lowest BCUT2D eigenvalue weighted by atomic mass is 9.96. The normalized spacial score (nSPS) is 13.1. The van der Waals surface area contributed by atoms with Crippen molar-refractivity contribution in [3.63, 3.8) is 0 Å². The van der Waals surface area contributed by atoms with Gasteiger partial charge in [0, 0.05) is 10.4 Å². The highest BCUT2D eigenvalue weighted by molar-refractivity contribution is 7.16. The molecule has 0 fully saturated rings. The summed E-state index contributed by atoms with van der Waals surface area (Å²) in [6.45, 7) is 5.96. The molecule has 28 heavy (non-hydrogen) atoms. The summed E-state index contributed by atoms with van der Waals surface area (Å²) >= 11 is 1.39. The molecule has 2 aromatic rings. The predicted octanol–water partition coefficient (Wildman–Crippen LogP) is 3.51. The van der Waals surface area contributed by atoms with Crippen LogP contribution < -0.4 is 10.7 Å². The number of hydrogen-bond donors (Lipinski definition) is 2. The number of nitriles is 1. The number of amides is 2. The van der Waals surface area contributed by atoms with Crippen molar-refractivity contribution in [3.05, 3.63) is 50.4 Å². The molecule has 0 unspecified atom stereocenters. The van der Waals surface area contributed by atoms with Crippen molar-refractivity contribution in [2.75, 3.05) is 5.32 Å². The summed E-state index contributed by atoms with van der Waals surface area (Å²) in [6.07, 6.45) is 5.42. The first-order valence-electron chi connectivity index (χ1n) is 9.17. The summed E-state index contributed by atoms with van der Waals surface area (Å²) in [5.74, 6) is -1.70. The van der Waals surface area contributed by atoms with E-state index >= 15 is 0 Å². The van der Waals surface area contributed by atoms with Gasteiger partial charge in [0.15, 0.2) is 0 Å². The van der Waals surface area contributed by atoms with E-state index in [4.69, 9.17) is 0 Å². The third kappa shape index (κ3) is 4.12. The molecule has 0 aliphatic heterocycles. The van der Waals surface area contributed by atoms with Gasteiger partial charge in [-0.3, -0.25) is 9.59 Å². The molecule has 0 radical (unpaired) electrons. The highest BCUT2D eigenvalue weighted by Crippen LogP contribution is 2.37. The number of nitrogens with zero attached hydrogens (tertiary/aromatic N) is 2. The third-order valence-corrected chi connectivity index (χ3v) is 6.02. The molecule has 0 atom stereocenters. The molecule has 144 valence electrons. The minimum atomic E-state index is -0.867. The number of hydrazone groups is 1. The number of benzene rings is 1. The lowest BCUT2D eigenvalue weighted by Crippen LogP contribution is -2.32. The molecule has 2 amide bonds. The van der Waals surface area contributed by atoms with E-state index in [0.717, 1.165) is 58.4 Å². The second kappa shape index (κ2) is 8.36. The number of aryl methyl sites for hydroxylation is 4. The molecule has 1 aliphatic carbocycles. The first kappa shape index (κ1) is 19.8. The van der Waals surface area contributed by atoms with Crippen LogP contribution in [0.4, 0.5) is 5.00 Å². The van der Waals surface area contributed by atoms with Crippen LogP contribution in [-0.4, -0.2) is 18.0 Å². The number of carbonyl (C=O) groups excluding carboxylic acids is 2. The monoisotopic (exact) mass is 394 g/mol. The molecule has 0 bridgehead atoms. The van der Waals surface area contributed by atoms with E-state index in [9.17, 15) is 14.9 Å². The summed E-state index contributed by atoms with van der Waals surface area (Å²) in [6, 6.07) is 6.23. The summed E-state index contributed by atoms with van der Waals surface area (Å²) in [5.41, 5.74) is 7.90. The molecular weight excluding hydrogens is 372 g/mol. The van der Waals surface area contributed by atoms with Crippen LogP contribution in [0.1, 0.15) is 51.1 Å². The fourth-order valence-electron chi connectivity index (χ4n) is 3.53. The van der Waals surface area contributed by atoms with Crippen molar-refractivity contribution in [1.29, 1.82) is 5.26 Å². The van der Waals surface area contributed by atoms with Crippen molar-refractivity contribution >= 4 is 34.4 Å². The second-order valence-electron chi connectivity index (χ2n) is 6.99. The quantitative estimate of drug-likeness (QED) is 0.474. The minimum Gasteiger partial charge on any atom is -0.308 e. The molecule has 0 spiro atoms. The summed E-state index contributed by atoms with van der Waals surface area (Å²) in [4.78, 5) is 25.4. The molecule has 3 rings (SSSR count). The maximum absolute atomic E-state index is 12.2. The van der Waals surface area contributed by atoms with E-state index in [1.807, 2.05) is 32.9 Å². The minimum absolute atomic E-state index is 0.448. The van der Waals surface area contributed by atoms with Crippen LogP contribution in [0, 0.1) is 32.1 Å². The highest BCUT2D eigenvalue weighted by Gasteiger charge is 2.23. The van der Waals surface area contributed by atoms with Crippen LogP contribution in [-0.2, 0) is 22.4 Å². The fourth-order valence-corrected chi connectivity index (χ4v) is 4.77. The van der Waals surface area contributed by atoms with Crippen LogP contribution in [0.3, 0.4) is 0 Å². The van der Waals surface area contributed by atoms with Gasteiger partial charge in [-0.05, 0) is 63.1 Å². The average Bonchev–Trinajstić information content (AvgIpc) is 3.00. The number of hydrogen-bond acceptors (Lipinski definition) is 5. The van der Waals surface area contributed by atoms with Gasteiger partial charge in [0.2, 0.25) is 0 Å². The van der Waals surface area contributed by atoms with Gasteiger partial charge in [-0.2, -0.15) is 10.4 Å². The smallest absolute Gasteiger partial charge is 0.308 e. The zero-order valence-electron chi connectivity index (χ0n) is 16.2. The standard InChI is InChI=1S/C21H22N4O2S/c1-12-8-13(2)17(14(3)9-12)11-23-25-20(27)19(26)24-21-16(10-22)15-6-4-5-7-18(15)28-21/h8-9,11H,4-7H2,1-3H3,(H,24,26)(H,25,27)/b23-11-. The summed E-state index contributed by atoms with van der Waals surface area (Å²) in [7, 11) is 0. The van der Waals surface area contributed by atoms with Gasteiger partial charge in [0.05, 0.1) is 11.8 Å². The van der Waals surface area contributed by atoms with Crippen LogP contribution >= 0.6 is 11.3 Å². The molecule has 0 saturated heterocycles. The van der Waals surface area contributed by atoms with E-state index < -0.39 is 11.8 Å². The van der Waals surface area contributed by atoms with Crippen LogP contribution in [0.25, 0.3) is 0 Å². The number of nitrogens with one attached hydrogen (secondary N) is 2. The fraction of sp³-hybridized carbons (Fsp3) is 0.333. The van der Waals surface area contributed by atoms with Gasteiger partial charge in [-0.25, -0.2) is 5.43 Å². The van der Waals surface area contributed by atoms with Crippen molar-refractivity contribution < 1.29 is 9.59 Å². The molecule has 1 aromatic carbocycles. The van der Waals surface area contributed by atoms with Crippen LogP contribution in [0.5, 0.6) is 0 Å². The van der Waals surface area contributed by atoms with Crippen molar-refractivity contribution in [1.82, 2.24) is 5.43 Å². The van der Waals surface area contributed by atoms with E-state index in [-0.39, 0.29) is 0 Å². The summed E-state index contributed by atoms with van der Waals surface area (Å²) < 4.78 is 0. The first-order chi connectivity index (χ1) is 13.4.